The maximum Gasteiger partial charge on any atom is 0.0275 e. The summed E-state index contributed by atoms with van der Waals surface area (Å²) in [6, 6.07) is 0.442. The zero-order valence-corrected chi connectivity index (χ0v) is 9.34. The topological polar surface area (TPSA) is 38.0 Å². The van der Waals surface area contributed by atoms with Crippen molar-refractivity contribution in [2.45, 2.75) is 51.5 Å². The molecule has 3 N–H and O–H groups in total. The standard InChI is InChI=1S/C12H24N2/c1-3-7-12(14-13)11-9-6-5-8-10(11)4-2/h3,10-12,14H,1,4-9,13H2,2H3. The van der Waals surface area contributed by atoms with Crippen molar-refractivity contribution in [3.63, 3.8) is 0 Å². The number of hydrogen-bond donors (Lipinski definition) is 2. The molecule has 82 valence electrons. The lowest BCUT2D eigenvalue weighted by Gasteiger charge is -2.36. The molecule has 0 amide bonds. The highest BCUT2D eigenvalue weighted by atomic mass is 15.2. The molecule has 0 aromatic rings. The van der Waals surface area contributed by atoms with Crippen LogP contribution in [0.25, 0.3) is 0 Å². The molecule has 0 bridgehead atoms. The van der Waals surface area contributed by atoms with Gasteiger partial charge in [0.05, 0.1) is 0 Å². The first kappa shape index (κ1) is 11.7. The summed E-state index contributed by atoms with van der Waals surface area (Å²) in [4.78, 5) is 0. The molecule has 0 spiro atoms. The number of nitrogens with one attached hydrogen (secondary N) is 1. The van der Waals surface area contributed by atoms with Gasteiger partial charge in [-0.3, -0.25) is 11.3 Å². The molecule has 0 saturated heterocycles. The van der Waals surface area contributed by atoms with Gasteiger partial charge in [0.2, 0.25) is 0 Å². The van der Waals surface area contributed by atoms with Crippen LogP contribution >= 0.6 is 0 Å². The Bertz CT molecular complexity index is 168. The van der Waals surface area contributed by atoms with Crippen LogP contribution in [0.1, 0.15) is 45.4 Å². The fourth-order valence-electron chi connectivity index (χ4n) is 2.82. The SMILES string of the molecule is C=CCC(NN)C1CCCCC1CC. The van der Waals surface area contributed by atoms with Crippen molar-refractivity contribution < 1.29 is 0 Å². The highest BCUT2D eigenvalue weighted by molar-refractivity contribution is 4.87. The number of nitrogens with two attached hydrogens (primary N) is 1. The van der Waals surface area contributed by atoms with E-state index >= 15 is 0 Å². The van der Waals surface area contributed by atoms with E-state index in [-0.39, 0.29) is 0 Å². The van der Waals surface area contributed by atoms with Gasteiger partial charge in [0.25, 0.3) is 0 Å². The van der Waals surface area contributed by atoms with Gasteiger partial charge in [0, 0.05) is 6.04 Å². The zero-order valence-electron chi connectivity index (χ0n) is 9.34. The predicted octanol–water partition coefficient (Wildman–Crippen LogP) is 2.61. The summed E-state index contributed by atoms with van der Waals surface area (Å²) in [5, 5.41) is 0. The Morgan fingerprint density at radius 2 is 2.21 bits per heavy atom. The molecule has 1 fully saturated rings. The van der Waals surface area contributed by atoms with Gasteiger partial charge >= 0.3 is 0 Å². The van der Waals surface area contributed by atoms with Crippen LogP contribution in [0.2, 0.25) is 0 Å². The first-order valence-corrected chi connectivity index (χ1v) is 5.90. The van der Waals surface area contributed by atoms with E-state index in [9.17, 15) is 0 Å². The molecule has 1 aliphatic rings. The molecule has 1 saturated carbocycles. The Balaban J connectivity index is 2.55. The van der Waals surface area contributed by atoms with Crippen molar-refractivity contribution in [1.29, 1.82) is 0 Å². The van der Waals surface area contributed by atoms with E-state index in [1.807, 2.05) is 6.08 Å². The minimum Gasteiger partial charge on any atom is -0.271 e. The third-order valence-corrected chi connectivity index (χ3v) is 3.64. The summed E-state index contributed by atoms with van der Waals surface area (Å²) < 4.78 is 0. The molecular formula is C12H24N2. The normalized spacial score (nSPS) is 29.9. The minimum absolute atomic E-state index is 0.442. The molecule has 3 unspecified atom stereocenters. The van der Waals surface area contributed by atoms with Crippen molar-refractivity contribution in [3.8, 4) is 0 Å². The molecule has 0 aliphatic heterocycles. The summed E-state index contributed by atoms with van der Waals surface area (Å²) in [5.41, 5.74) is 2.97. The first-order chi connectivity index (χ1) is 6.83. The summed E-state index contributed by atoms with van der Waals surface area (Å²) in [6.07, 6.45) is 9.76. The molecule has 0 aromatic carbocycles. The molecule has 0 radical (unpaired) electrons. The Morgan fingerprint density at radius 1 is 1.50 bits per heavy atom. The molecule has 2 heteroatoms. The van der Waals surface area contributed by atoms with E-state index < -0.39 is 0 Å². The summed E-state index contributed by atoms with van der Waals surface area (Å²) in [5.74, 6) is 7.24. The average molecular weight is 196 g/mol. The van der Waals surface area contributed by atoms with Crippen molar-refractivity contribution in [2.75, 3.05) is 0 Å². The van der Waals surface area contributed by atoms with Crippen LogP contribution in [-0.2, 0) is 0 Å². The van der Waals surface area contributed by atoms with Crippen LogP contribution in [0.15, 0.2) is 12.7 Å². The Hall–Kier alpha value is -0.340. The van der Waals surface area contributed by atoms with E-state index in [0.717, 1.165) is 18.3 Å². The van der Waals surface area contributed by atoms with Crippen LogP contribution in [-0.4, -0.2) is 6.04 Å². The second-order valence-corrected chi connectivity index (χ2v) is 4.41. The Labute approximate surface area is 87.9 Å². The van der Waals surface area contributed by atoms with Crippen molar-refractivity contribution in [2.24, 2.45) is 17.7 Å². The van der Waals surface area contributed by atoms with Gasteiger partial charge in [0.1, 0.15) is 0 Å². The van der Waals surface area contributed by atoms with Gasteiger partial charge in [-0.15, -0.1) is 6.58 Å². The number of rotatable bonds is 5. The van der Waals surface area contributed by atoms with Crippen LogP contribution in [0.4, 0.5) is 0 Å². The molecular weight excluding hydrogens is 172 g/mol. The number of hydrazine groups is 1. The Morgan fingerprint density at radius 3 is 2.79 bits per heavy atom. The predicted molar refractivity (Wildman–Crippen MR) is 61.7 cm³/mol. The van der Waals surface area contributed by atoms with E-state index in [1.54, 1.807) is 0 Å². The molecule has 14 heavy (non-hydrogen) atoms. The lowest BCUT2D eigenvalue weighted by molar-refractivity contribution is 0.176. The largest absolute Gasteiger partial charge is 0.271 e. The van der Waals surface area contributed by atoms with Crippen LogP contribution in [0.3, 0.4) is 0 Å². The number of hydrogen-bond acceptors (Lipinski definition) is 2. The van der Waals surface area contributed by atoms with Gasteiger partial charge in [-0.25, -0.2) is 0 Å². The molecule has 3 atom stereocenters. The summed E-state index contributed by atoms with van der Waals surface area (Å²) >= 11 is 0. The fourth-order valence-corrected chi connectivity index (χ4v) is 2.82. The molecule has 0 heterocycles. The highest BCUT2D eigenvalue weighted by Crippen LogP contribution is 2.35. The summed E-state index contributed by atoms with van der Waals surface area (Å²) in [7, 11) is 0. The van der Waals surface area contributed by atoms with Crippen LogP contribution in [0, 0.1) is 11.8 Å². The van der Waals surface area contributed by atoms with Gasteiger partial charge < -0.3 is 0 Å². The van der Waals surface area contributed by atoms with Gasteiger partial charge in [0.15, 0.2) is 0 Å². The maximum absolute atomic E-state index is 5.61. The second-order valence-electron chi connectivity index (χ2n) is 4.41. The first-order valence-electron chi connectivity index (χ1n) is 5.90. The second kappa shape index (κ2) is 6.20. The van der Waals surface area contributed by atoms with Crippen LogP contribution < -0.4 is 11.3 Å². The van der Waals surface area contributed by atoms with E-state index in [1.165, 1.54) is 32.1 Å². The monoisotopic (exact) mass is 196 g/mol. The smallest absolute Gasteiger partial charge is 0.0275 e. The van der Waals surface area contributed by atoms with E-state index in [2.05, 4.69) is 18.9 Å². The van der Waals surface area contributed by atoms with Crippen LogP contribution in [0.5, 0.6) is 0 Å². The third-order valence-electron chi connectivity index (χ3n) is 3.64. The fraction of sp³-hybridized carbons (Fsp3) is 0.833. The molecule has 0 aromatic heterocycles. The quantitative estimate of drug-likeness (QED) is 0.403. The van der Waals surface area contributed by atoms with E-state index in [4.69, 9.17) is 5.84 Å². The third kappa shape index (κ3) is 2.82. The minimum atomic E-state index is 0.442. The van der Waals surface area contributed by atoms with Gasteiger partial charge in [-0.05, 0) is 24.7 Å². The average Bonchev–Trinajstić information content (AvgIpc) is 2.26. The molecule has 1 aliphatic carbocycles. The summed E-state index contributed by atoms with van der Waals surface area (Å²) in [6.45, 7) is 6.09. The highest BCUT2D eigenvalue weighted by Gasteiger charge is 2.29. The maximum atomic E-state index is 5.61. The lowest BCUT2D eigenvalue weighted by Crippen LogP contribution is -2.44. The molecule has 2 nitrogen and oxygen atoms in total. The van der Waals surface area contributed by atoms with Gasteiger partial charge in [-0.2, -0.15) is 0 Å². The lowest BCUT2D eigenvalue weighted by atomic mass is 9.73. The molecule has 1 rings (SSSR count). The zero-order chi connectivity index (χ0) is 10.4. The Kier molecular flexibility index (Phi) is 5.20. The van der Waals surface area contributed by atoms with Gasteiger partial charge in [-0.1, -0.05) is 38.7 Å². The van der Waals surface area contributed by atoms with Crippen molar-refractivity contribution in [1.82, 2.24) is 5.43 Å². The van der Waals surface area contributed by atoms with Crippen molar-refractivity contribution in [3.05, 3.63) is 12.7 Å². The van der Waals surface area contributed by atoms with E-state index in [0.29, 0.717) is 6.04 Å². The van der Waals surface area contributed by atoms with Crippen molar-refractivity contribution >= 4 is 0 Å².